The Morgan fingerprint density at radius 1 is 1.38 bits per heavy atom. The van der Waals surface area contributed by atoms with Crippen LogP contribution in [0.25, 0.3) is 0 Å². The van der Waals surface area contributed by atoms with Gasteiger partial charge in [0.25, 0.3) is 5.91 Å². The summed E-state index contributed by atoms with van der Waals surface area (Å²) in [5.74, 6) is -0.720. The number of nitrogens with one attached hydrogen (secondary N) is 1. The monoisotopic (exact) mass is 334 g/mol. The van der Waals surface area contributed by atoms with Gasteiger partial charge in [-0.25, -0.2) is 0 Å². The fourth-order valence-corrected chi connectivity index (χ4v) is 2.42. The van der Waals surface area contributed by atoms with Crippen LogP contribution >= 0.6 is 0 Å². The Balaban J connectivity index is 2.22. The van der Waals surface area contributed by atoms with E-state index in [0.717, 1.165) is 5.56 Å². The third-order valence-corrected chi connectivity index (χ3v) is 3.73. The maximum absolute atomic E-state index is 12.7. The molecule has 0 aliphatic carbocycles. The third-order valence-electron chi connectivity index (χ3n) is 3.73. The zero-order valence-electron chi connectivity index (χ0n) is 14.3. The zero-order chi connectivity index (χ0) is 17.9. The number of esters is 1. The normalized spacial score (nSPS) is 16.5. The number of hydrogen-bond donors (Lipinski definition) is 1. The van der Waals surface area contributed by atoms with E-state index < -0.39 is 18.0 Å². The number of ether oxygens (including phenoxy) is 2. The van der Waals surface area contributed by atoms with Crippen LogP contribution in [0.4, 0.5) is 5.69 Å². The predicted molar refractivity (Wildman–Crippen MR) is 87.8 cm³/mol. The van der Waals surface area contributed by atoms with Gasteiger partial charge in [0.15, 0.2) is 6.10 Å². The number of benzene rings is 1. The maximum atomic E-state index is 12.7. The third kappa shape index (κ3) is 3.84. The molecule has 0 fully saturated rings. The molecule has 0 bridgehead atoms. The van der Waals surface area contributed by atoms with Crippen molar-refractivity contribution in [3.8, 4) is 5.75 Å². The first kappa shape index (κ1) is 17.8. The molecule has 1 aromatic rings. The minimum atomic E-state index is -0.645. The standard InChI is InChI=1S/C17H22N2O5/c1-10(2)16-17(22)19(9-14(20)18-8-15(21)23-4)12-7-11(3)5-6-13(12)24-16/h5-7,10,16H,8-9H2,1-4H3,(H,18,20)/t16-/m1/s1. The SMILES string of the molecule is COC(=O)CNC(=O)CN1C(=O)[C@@H](C(C)C)Oc2ccc(C)cc21. The van der Waals surface area contributed by atoms with Crippen molar-refractivity contribution in [2.75, 3.05) is 25.1 Å². The van der Waals surface area contributed by atoms with E-state index in [4.69, 9.17) is 4.74 Å². The second-order valence-corrected chi connectivity index (χ2v) is 6.03. The molecule has 0 unspecified atom stereocenters. The highest BCUT2D eigenvalue weighted by Gasteiger charge is 2.37. The van der Waals surface area contributed by atoms with Gasteiger partial charge in [-0.1, -0.05) is 19.9 Å². The number of amides is 2. The van der Waals surface area contributed by atoms with E-state index in [0.29, 0.717) is 11.4 Å². The minimum Gasteiger partial charge on any atom is -0.478 e. The summed E-state index contributed by atoms with van der Waals surface area (Å²) in [7, 11) is 1.24. The van der Waals surface area contributed by atoms with Crippen molar-refractivity contribution in [3.05, 3.63) is 23.8 Å². The quantitative estimate of drug-likeness (QED) is 0.813. The van der Waals surface area contributed by atoms with Crippen LogP contribution in [0.15, 0.2) is 18.2 Å². The van der Waals surface area contributed by atoms with Crippen LogP contribution in [0.1, 0.15) is 19.4 Å². The molecule has 2 amide bonds. The van der Waals surface area contributed by atoms with Crippen LogP contribution in [0.3, 0.4) is 0 Å². The van der Waals surface area contributed by atoms with Crippen LogP contribution in [0.5, 0.6) is 5.75 Å². The van der Waals surface area contributed by atoms with Gasteiger partial charge >= 0.3 is 5.97 Å². The smallest absolute Gasteiger partial charge is 0.325 e. The average molecular weight is 334 g/mol. The summed E-state index contributed by atoms with van der Waals surface area (Å²) in [6.07, 6.45) is -0.645. The fourth-order valence-electron chi connectivity index (χ4n) is 2.42. The molecule has 7 nitrogen and oxygen atoms in total. The van der Waals surface area contributed by atoms with Crippen molar-refractivity contribution in [2.24, 2.45) is 5.92 Å². The van der Waals surface area contributed by atoms with Crippen molar-refractivity contribution < 1.29 is 23.9 Å². The first-order chi connectivity index (χ1) is 11.3. The van der Waals surface area contributed by atoms with Crippen molar-refractivity contribution in [2.45, 2.75) is 26.9 Å². The Bertz CT molecular complexity index is 656. The summed E-state index contributed by atoms with van der Waals surface area (Å²) in [6, 6.07) is 5.49. The number of hydrogen-bond acceptors (Lipinski definition) is 5. The van der Waals surface area contributed by atoms with Gasteiger partial charge in [0.05, 0.1) is 12.8 Å². The number of fused-ring (bicyclic) bond motifs is 1. The Kier molecular flexibility index (Phi) is 5.43. The van der Waals surface area contributed by atoms with Crippen LogP contribution in [-0.2, 0) is 19.1 Å². The van der Waals surface area contributed by atoms with Crippen molar-refractivity contribution in [3.63, 3.8) is 0 Å². The van der Waals surface area contributed by atoms with E-state index in [9.17, 15) is 14.4 Å². The molecule has 0 saturated carbocycles. The molecule has 1 atom stereocenters. The van der Waals surface area contributed by atoms with Gasteiger partial charge in [-0.2, -0.15) is 0 Å². The van der Waals surface area contributed by atoms with Gasteiger partial charge in [0, 0.05) is 0 Å². The highest BCUT2D eigenvalue weighted by Crippen LogP contribution is 2.36. The number of aryl methyl sites for hydroxylation is 1. The molecule has 1 N–H and O–H groups in total. The molecule has 1 heterocycles. The van der Waals surface area contributed by atoms with Crippen LogP contribution in [-0.4, -0.2) is 44.1 Å². The van der Waals surface area contributed by atoms with Gasteiger partial charge in [0.1, 0.15) is 18.8 Å². The number of rotatable bonds is 5. The van der Waals surface area contributed by atoms with Gasteiger partial charge < -0.3 is 14.8 Å². The van der Waals surface area contributed by atoms with E-state index in [2.05, 4.69) is 10.1 Å². The van der Waals surface area contributed by atoms with Gasteiger partial charge in [-0.3, -0.25) is 19.3 Å². The molecule has 1 aliphatic rings. The lowest BCUT2D eigenvalue weighted by Gasteiger charge is -2.35. The predicted octanol–water partition coefficient (Wildman–Crippen LogP) is 1.03. The Morgan fingerprint density at radius 2 is 2.08 bits per heavy atom. The van der Waals surface area contributed by atoms with Crippen molar-refractivity contribution in [1.82, 2.24) is 5.32 Å². The molecule has 130 valence electrons. The topological polar surface area (TPSA) is 84.9 Å². The molecule has 7 heteroatoms. The average Bonchev–Trinajstić information content (AvgIpc) is 2.54. The fraction of sp³-hybridized carbons (Fsp3) is 0.471. The number of carbonyl (C=O) groups is 3. The van der Waals surface area contributed by atoms with Crippen molar-refractivity contribution in [1.29, 1.82) is 0 Å². The second kappa shape index (κ2) is 7.33. The summed E-state index contributed by atoms with van der Waals surface area (Å²) < 4.78 is 10.3. The Morgan fingerprint density at radius 3 is 2.71 bits per heavy atom. The molecule has 24 heavy (non-hydrogen) atoms. The van der Waals surface area contributed by atoms with Gasteiger partial charge in [0.2, 0.25) is 5.91 Å². The van der Waals surface area contributed by atoms with E-state index in [-0.39, 0.29) is 24.9 Å². The van der Waals surface area contributed by atoms with Crippen LogP contribution in [0, 0.1) is 12.8 Å². The molecule has 0 radical (unpaired) electrons. The lowest BCUT2D eigenvalue weighted by molar-refractivity contribution is -0.141. The largest absolute Gasteiger partial charge is 0.478 e. The van der Waals surface area contributed by atoms with Gasteiger partial charge in [-0.15, -0.1) is 0 Å². The Labute approximate surface area is 140 Å². The second-order valence-electron chi connectivity index (χ2n) is 6.03. The molecule has 2 rings (SSSR count). The van der Waals surface area contributed by atoms with Gasteiger partial charge in [-0.05, 0) is 30.5 Å². The lowest BCUT2D eigenvalue weighted by Crippen LogP contribution is -2.51. The maximum Gasteiger partial charge on any atom is 0.325 e. The molecule has 1 aliphatic heterocycles. The molecule has 0 saturated heterocycles. The first-order valence-corrected chi connectivity index (χ1v) is 7.75. The summed E-state index contributed by atoms with van der Waals surface area (Å²) in [5.41, 5.74) is 1.51. The summed E-state index contributed by atoms with van der Waals surface area (Å²) in [6.45, 7) is 5.25. The summed E-state index contributed by atoms with van der Waals surface area (Å²) in [4.78, 5) is 37.3. The highest BCUT2D eigenvalue weighted by molar-refractivity contribution is 6.04. The summed E-state index contributed by atoms with van der Waals surface area (Å²) >= 11 is 0. The van der Waals surface area contributed by atoms with E-state index in [1.807, 2.05) is 26.8 Å². The first-order valence-electron chi connectivity index (χ1n) is 7.75. The number of nitrogens with zero attached hydrogens (tertiary/aromatic N) is 1. The zero-order valence-corrected chi connectivity index (χ0v) is 14.3. The molecular weight excluding hydrogens is 312 g/mol. The number of methoxy groups -OCH3 is 1. The molecular formula is C17H22N2O5. The van der Waals surface area contributed by atoms with E-state index >= 15 is 0 Å². The van der Waals surface area contributed by atoms with E-state index in [1.54, 1.807) is 12.1 Å². The lowest BCUT2D eigenvalue weighted by atomic mass is 10.0. The molecule has 1 aromatic carbocycles. The summed E-state index contributed by atoms with van der Waals surface area (Å²) in [5, 5.41) is 2.44. The van der Waals surface area contributed by atoms with E-state index in [1.165, 1.54) is 12.0 Å². The number of anilines is 1. The molecule has 0 spiro atoms. The minimum absolute atomic E-state index is 0.0346. The Hall–Kier alpha value is -2.57. The van der Waals surface area contributed by atoms with Crippen molar-refractivity contribution >= 4 is 23.5 Å². The highest BCUT2D eigenvalue weighted by atomic mass is 16.5. The van der Waals surface area contributed by atoms with Crippen LogP contribution < -0.4 is 15.0 Å². The van der Waals surface area contributed by atoms with Crippen LogP contribution in [0.2, 0.25) is 0 Å². The molecule has 0 aromatic heterocycles. The number of carbonyl (C=O) groups excluding carboxylic acids is 3.